The van der Waals surface area contributed by atoms with Crippen molar-refractivity contribution in [2.45, 2.75) is 26.3 Å². The van der Waals surface area contributed by atoms with Gasteiger partial charge in [-0.25, -0.2) is 0 Å². The maximum atomic E-state index is 5.42. The van der Waals surface area contributed by atoms with E-state index in [1.54, 1.807) is 7.11 Å². The number of hydrogen-bond donors (Lipinski definition) is 1. The average Bonchev–Trinajstić information content (AvgIpc) is 2.46. The summed E-state index contributed by atoms with van der Waals surface area (Å²) in [6, 6.07) is 17.0. The van der Waals surface area contributed by atoms with Crippen LogP contribution in [0.15, 0.2) is 48.5 Å². The number of rotatable bonds is 5. The Morgan fingerprint density at radius 3 is 2.47 bits per heavy atom. The van der Waals surface area contributed by atoms with Crippen LogP contribution < -0.4 is 10.1 Å². The van der Waals surface area contributed by atoms with Gasteiger partial charge in [-0.2, -0.15) is 0 Å². The summed E-state index contributed by atoms with van der Waals surface area (Å²) in [6.07, 6.45) is 1.03. The van der Waals surface area contributed by atoms with Gasteiger partial charge in [-0.05, 0) is 36.6 Å². The van der Waals surface area contributed by atoms with Crippen molar-refractivity contribution in [3.63, 3.8) is 0 Å². The summed E-state index contributed by atoms with van der Waals surface area (Å²) in [6.45, 7) is 4.28. The lowest BCUT2D eigenvalue weighted by Crippen LogP contribution is -2.10. The Labute approximate surface area is 115 Å². The lowest BCUT2D eigenvalue weighted by atomic mass is 10.0. The smallest absolute Gasteiger partial charge is 0.141 e. The van der Waals surface area contributed by atoms with E-state index in [0.29, 0.717) is 6.04 Å². The number of aryl methyl sites for hydroxylation is 1. The maximum Gasteiger partial charge on any atom is 0.141 e. The largest absolute Gasteiger partial charge is 0.495 e. The SMILES string of the molecule is CCC(Nc1cc(C)ccc1OC)c1ccccc1. The van der Waals surface area contributed by atoms with E-state index >= 15 is 0 Å². The molecule has 0 aliphatic rings. The molecule has 1 unspecified atom stereocenters. The van der Waals surface area contributed by atoms with Crippen LogP contribution in [-0.4, -0.2) is 7.11 Å². The molecule has 0 spiro atoms. The minimum Gasteiger partial charge on any atom is -0.495 e. The summed E-state index contributed by atoms with van der Waals surface area (Å²) in [5.74, 6) is 0.889. The van der Waals surface area contributed by atoms with E-state index in [-0.39, 0.29) is 0 Å². The topological polar surface area (TPSA) is 21.3 Å². The lowest BCUT2D eigenvalue weighted by Gasteiger charge is -2.21. The molecule has 0 saturated carbocycles. The van der Waals surface area contributed by atoms with Gasteiger partial charge in [-0.1, -0.05) is 43.3 Å². The molecule has 0 radical (unpaired) electrons. The van der Waals surface area contributed by atoms with Crippen molar-refractivity contribution in [3.05, 3.63) is 59.7 Å². The fourth-order valence-electron chi connectivity index (χ4n) is 2.23. The highest BCUT2D eigenvalue weighted by Crippen LogP contribution is 2.30. The van der Waals surface area contributed by atoms with Gasteiger partial charge in [0.15, 0.2) is 0 Å². The molecule has 0 saturated heterocycles. The van der Waals surface area contributed by atoms with Crippen molar-refractivity contribution in [1.82, 2.24) is 0 Å². The van der Waals surface area contributed by atoms with Crippen LogP contribution >= 0.6 is 0 Å². The van der Waals surface area contributed by atoms with E-state index in [0.717, 1.165) is 17.9 Å². The minimum absolute atomic E-state index is 0.303. The third-order valence-corrected chi connectivity index (χ3v) is 3.29. The fourth-order valence-corrected chi connectivity index (χ4v) is 2.23. The van der Waals surface area contributed by atoms with Gasteiger partial charge in [0, 0.05) is 0 Å². The van der Waals surface area contributed by atoms with E-state index in [1.807, 2.05) is 12.1 Å². The summed E-state index contributed by atoms with van der Waals surface area (Å²) in [5.41, 5.74) is 3.58. The van der Waals surface area contributed by atoms with Crippen molar-refractivity contribution in [3.8, 4) is 5.75 Å². The summed E-state index contributed by atoms with van der Waals surface area (Å²) in [7, 11) is 1.71. The molecule has 0 aliphatic heterocycles. The molecule has 0 aromatic heterocycles. The van der Waals surface area contributed by atoms with Crippen molar-refractivity contribution in [2.75, 3.05) is 12.4 Å². The van der Waals surface area contributed by atoms with Crippen molar-refractivity contribution >= 4 is 5.69 Å². The first kappa shape index (κ1) is 13.5. The zero-order valence-electron chi connectivity index (χ0n) is 11.8. The second-order valence-electron chi connectivity index (χ2n) is 4.72. The van der Waals surface area contributed by atoms with Gasteiger partial charge in [0.2, 0.25) is 0 Å². The standard InChI is InChI=1S/C17H21NO/c1-4-15(14-8-6-5-7-9-14)18-16-12-13(2)10-11-17(16)19-3/h5-12,15,18H,4H2,1-3H3. The fraction of sp³-hybridized carbons (Fsp3) is 0.294. The van der Waals surface area contributed by atoms with E-state index in [4.69, 9.17) is 4.74 Å². The molecule has 0 fully saturated rings. The van der Waals surface area contributed by atoms with Crippen LogP contribution in [0.2, 0.25) is 0 Å². The summed E-state index contributed by atoms with van der Waals surface area (Å²) in [5, 5.41) is 3.58. The van der Waals surface area contributed by atoms with Crippen LogP contribution in [0.4, 0.5) is 5.69 Å². The normalized spacial score (nSPS) is 11.9. The molecular formula is C17H21NO. The number of ether oxygens (including phenoxy) is 1. The molecule has 2 heteroatoms. The molecule has 1 atom stereocenters. The second kappa shape index (κ2) is 6.28. The highest BCUT2D eigenvalue weighted by molar-refractivity contribution is 5.59. The van der Waals surface area contributed by atoms with Crippen molar-refractivity contribution < 1.29 is 4.74 Å². The molecule has 0 aliphatic carbocycles. The van der Waals surface area contributed by atoms with E-state index < -0.39 is 0 Å². The Bertz CT molecular complexity index is 522. The van der Waals surface area contributed by atoms with Crippen LogP contribution in [0.3, 0.4) is 0 Å². The Morgan fingerprint density at radius 2 is 1.84 bits per heavy atom. The summed E-state index contributed by atoms with van der Waals surface area (Å²) in [4.78, 5) is 0. The van der Waals surface area contributed by atoms with E-state index in [9.17, 15) is 0 Å². The molecule has 19 heavy (non-hydrogen) atoms. The van der Waals surface area contributed by atoms with Crippen LogP contribution in [0.25, 0.3) is 0 Å². The molecule has 2 nitrogen and oxygen atoms in total. The zero-order valence-corrected chi connectivity index (χ0v) is 11.8. The molecule has 0 bridgehead atoms. The van der Waals surface area contributed by atoms with Crippen molar-refractivity contribution in [1.29, 1.82) is 0 Å². The van der Waals surface area contributed by atoms with Crippen LogP contribution in [0.5, 0.6) is 5.75 Å². The Morgan fingerprint density at radius 1 is 1.11 bits per heavy atom. The molecule has 0 heterocycles. The number of nitrogens with one attached hydrogen (secondary N) is 1. The molecule has 2 aromatic rings. The highest BCUT2D eigenvalue weighted by Gasteiger charge is 2.11. The Kier molecular flexibility index (Phi) is 4.45. The van der Waals surface area contributed by atoms with Crippen LogP contribution in [-0.2, 0) is 0 Å². The van der Waals surface area contributed by atoms with Gasteiger partial charge in [0.05, 0.1) is 18.8 Å². The van der Waals surface area contributed by atoms with Crippen LogP contribution in [0.1, 0.15) is 30.5 Å². The number of hydrogen-bond acceptors (Lipinski definition) is 2. The van der Waals surface area contributed by atoms with Crippen molar-refractivity contribution in [2.24, 2.45) is 0 Å². The number of methoxy groups -OCH3 is 1. The van der Waals surface area contributed by atoms with Gasteiger partial charge in [-0.3, -0.25) is 0 Å². The van der Waals surface area contributed by atoms with Gasteiger partial charge >= 0.3 is 0 Å². The average molecular weight is 255 g/mol. The first-order valence-corrected chi connectivity index (χ1v) is 6.70. The second-order valence-corrected chi connectivity index (χ2v) is 4.72. The first-order chi connectivity index (χ1) is 9.24. The number of benzene rings is 2. The van der Waals surface area contributed by atoms with Crippen LogP contribution in [0, 0.1) is 6.92 Å². The summed E-state index contributed by atoms with van der Waals surface area (Å²) < 4.78 is 5.42. The molecule has 0 amide bonds. The third kappa shape index (κ3) is 3.28. The maximum absolute atomic E-state index is 5.42. The molecular weight excluding hydrogens is 234 g/mol. The molecule has 1 N–H and O–H groups in total. The zero-order chi connectivity index (χ0) is 13.7. The van der Waals surface area contributed by atoms with E-state index in [1.165, 1.54) is 11.1 Å². The summed E-state index contributed by atoms with van der Waals surface area (Å²) >= 11 is 0. The van der Waals surface area contributed by atoms with Gasteiger partial charge in [0.1, 0.15) is 5.75 Å². The van der Waals surface area contributed by atoms with Gasteiger partial charge in [-0.15, -0.1) is 0 Å². The predicted molar refractivity (Wildman–Crippen MR) is 80.8 cm³/mol. The van der Waals surface area contributed by atoms with Gasteiger partial charge in [0.25, 0.3) is 0 Å². The quantitative estimate of drug-likeness (QED) is 0.845. The Hall–Kier alpha value is -1.96. The Balaban J connectivity index is 2.26. The first-order valence-electron chi connectivity index (χ1n) is 6.70. The lowest BCUT2D eigenvalue weighted by molar-refractivity contribution is 0.416. The monoisotopic (exact) mass is 255 g/mol. The molecule has 2 aromatic carbocycles. The number of anilines is 1. The third-order valence-electron chi connectivity index (χ3n) is 3.29. The minimum atomic E-state index is 0.303. The molecule has 2 rings (SSSR count). The molecule has 100 valence electrons. The predicted octanol–water partition coefficient (Wildman–Crippen LogP) is 4.57. The highest BCUT2D eigenvalue weighted by atomic mass is 16.5. The van der Waals surface area contributed by atoms with E-state index in [2.05, 4.69) is 55.6 Å². The van der Waals surface area contributed by atoms with Gasteiger partial charge < -0.3 is 10.1 Å².